The molecule has 3 heterocycles. The normalized spacial score (nSPS) is 23.8. The van der Waals surface area contributed by atoms with Crippen LogP contribution in [-0.2, 0) is 0 Å². The van der Waals surface area contributed by atoms with Gasteiger partial charge in [-0.2, -0.15) is 0 Å². The van der Waals surface area contributed by atoms with Crippen molar-refractivity contribution in [2.75, 3.05) is 26.2 Å². The van der Waals surface area contributed by atoms with Crippen LogP contribution in [0.3, 0.4) is 0 Å². The Morgan fingerprint density at radius 1 is 1.10 bits per heavy atom. The molecule has 4 nitrogen and oxygen atoms in total. The van der Waals surface area contributed by atoms with E-state index in [1.807, 2.05) is 25.7 Å². The van der Waals surface area contributed by atoms with Crippen molar-refractivity contribution in [1.29, 1.82) is 0 Å². The Morgan fingerprint density at radius 2 is 1.85 bits per heavy atom. The first-order valence-corrected chi connectivity index (χ1v) is 7.68. The molecule has 4 heteroatoms. The van der Waals surface area contributed by atoms with Crippen LogP contribution in [0, 0.1) is 20.8 Å². The molecule has 1 aromatic rings. The number of nitrogens with zero attached hydrogens (tertiary/aromatic N) is 2. The maximum atomic E-state index is 12.8. The molecule has 2 aliphatic heterocycles. The van der Waals surface area contributed by atoms with Crippen molar-refractivity contribution in [1.82, 2.24) is 9.80 Å². The van der Waals surface area contributed by atoms with Gasteiger partial charge in [0.2, 0.25) is 0 Å². The number of carbonyl (C=O) groups is 1. The summed E-state index contributed by atoms with van der Waals surface area (Å²) in [5.74, 6) is 1.78. The van der Waals surface area contributed by atoms with Gasteiger partial charge >= 0.3 is 0 Å². The van der Waals surface area contributed by atoms with Gasteiger partial charge in [-0.15, -0.1) is 0 Å². The fourth-order valence-corrected chi connectivity index (χ4v) is 3.66. The first-order valence-electron chi connectivity index (χ1n) is 7.68. The van der Waals surface area contributed by atoms with Gasteiger partial charge < -0.3 is 9.32 Å². The molecule has 1 aromatic heterocycles. The molecule has 0 spiro atoms. The minimum atomic E-state index is 0.158. The van der Waals surface area contributed by atoms with Crippen LogP contribution in [0.2, 0.25) is 0 Å². The van der Waals surface area contributed by atoms with Crippen molar-refractivity contribution < 1.29 is 9.21 Å². The zero-order valence-electron chi connectivity index (χ0n) is 12.7. The van der Waals surface area contributed by atoms with Gasteiger partial charge in [-0.3, -0.25) is 9.69 Å². The highest BCUT2D eigenvalue weighted by Gasteiger charge is 2.32. The Morgan fingerprint density at radius 3 is 2.55 bits per heavy atom. The highest BCUT2D eigenvalue weighted by molar-refractivity contribution is 5.97. The zero-order valence-corrected chi connectivity index (χ0v) is 12.7. The second-order valence-electron chi connectivity index (χ2n) is 6.15. The van der Waals surface area contributed by atoms with Crippen molar-refractivity contribution >= 4 is 5.91 Å². The van der Waals surface area contributed by atoms with Crippen molar-refractivity contribution in [3.05, 3.63) is 22.6 Å². The van der Waals surface area contributed by atoms with Crippen LogP contribution in [0.15, 0.2) is 4.42 Å². The van der Waals surface area contributed by atoms with E-state index in [1.54, 1.807) is 0 Å². The molecule has 0 aromatic carbocycles. The summed E-state index contributed by atoms with van der Waals surface area (Å²) in [4.78, 5) is 17.4. The Labute approximate surface area is 120 Å². The van der Waals surface area contributed by atoms with Crippen molar-refractivity contribution in [2.45, 2.75) is 46.1 Å². The monoisotopic (exact) mass is 276 g/mol. The highest BCUT2D eigenvalue weighted by atomic mass is 16.3. The van der Waals surface area contributed by atoms with Gasteiger partial charge in [0, 0.05) is 31.2 Å². The summed E-state index contributed by atoms with van der Waals surface area (Å²) < 4.78 is 5.62. The summed E-state index contributed by atoms with van der Waals surface area (Å²) in [5, 5.41) is 0. The molecule has 0 unspecified atom stereocenters. The smallest absolute Gasteiger partial charge is 0.257 e. The van der Waals surface area contributed by atoms with Crippen LogP contribution in [0.4, 0.5) is 0 Å². The molecule has 1 amide bonds. The van der Waals surface area contributed by atoms with E-state index in [0.717, 1.165) is 48.7 Å². The average molecular weight is 276 g/mol. The number of furan rings is 1. The van der Waals surface area contributed by atoms with Crippen molar-refractivity contribution in [3.63, 3.8) is 0 Å². The average Bonchev–Trinajstić information content (AvgIpc) is 2.87. The van der Waals surface area contributed by atoms with Crippen LogP contribution in [0.25, 0.3) is 0 Å². The van der Waals surface area contributed by atoms with E-state index in [0.29, 0.717) is 6.04 Å². The molecule has 110 valence electrons. The fraction of sp³-hybridized carbons (Fsp3) is 0.688. The lowest BCUT2D eigenvalue weighted by Gasteiger charge is -2.25. The van der Waals surface area contributed by atoms with Gasteiger partial charge in [0.25, 0.3) is 5.91 Å². The van der Waals surface area contributed by atoms with Gasteiger partial charge in [0.05, 0.1) is 5.56 Å². The third-order valence-electron chi connectivity index (χ3n) is 4.87. The van der Waals surface area contributed by atoms with Crippen molar-refractivity contribution in [2.24, 2.45) is 0 Å². The number of fused-ring (bicyclic) bond motifs is 1. The third kappa shape index (κ3) is 2.26. The van der Waals surface area contributed by atoms with Crippen LogP contribution >= 0.6 is 0 Å². The number of aryl methyl sites for hydroxylation is 2. The summed E-state index contributed by atoms with van der Waals surface area (Å²) in [6, 6.07) is 0.565. The Bertz CT molecular complexity index is 521. The summed E-state index contributed by atoms with van der Waals surface area (Å²) in [6.45, 7) is 9.90. The van der Waals surface area contributed by atoms with Gasteiger partial charge in [0.1, 0.15) is 11.5 Å². The van der Waals surface area contributed by atoms with Gasteiger partial charge in [-0.05, 0) is 46.6 Å². The standard InChI is InChI=1S/C16H24N2O2/c1-11-12(2)20-13(3)15(11)16(19)18-9-5-8-17-7-4-6-14(17)10-18/h14H,4-10H2,1-3H3/t14-/m0/s1. The molecule has 0 radical (unpaired) electrons. The summed E-state index contributed by atoms with van der Waals surface area (Å²) >= 11 is 0. The van der Waals surface area contributed by atoms with Crippen LogP contribution in [0.5, 0.6) is 0 Å². The first kappa shape index (κ1) is 13.7. The Balaban J connectivity index is 1.82. The number of amides is 1. The van der Waals surface area contributed by atoms with E-state index in [9.17, 15) is 4.79 Å². The minimum absolute atomic E-state index is 0.158. The summed E-state index contributed by atoms with van der Waals surface area (Å²) in [5.41, 5.74) is 1.79. The topological polar surface area (TPSA) is 36.7 Å². The highest BCUT2D eigenvalue weighted by Crippen LogP contribution is 2.26. The van der Waals surface area contributed by atoms with Gasteiger partial charge in [-0.1, -0.05) is 0 Å². The second-order valence-corrected chi connectivity index (χ2v) is 6.15. The van der Waals surface area contributed by atoms with E-state index in [2.05, 4.69) is 4.90 Å². The number of hydrogen-bond donors (Lipinski definition) is 0. The van der Waals surface area contributed by atoms with Crippen LogP contribution in [-0.4, -0.2) is 47.9 Å². The van der Waals surface area contributed by atoms with Gasteiger partial charge in [-0.25, -0.2) is 0 Å². The van der Waals surface area contributed by atoms with Gasteiger partial charge in [0.15, 0.2) is 0 Å². The van der Waals surface area contributed by atoms with E-state index >= 15 is 0 Å². The zero-order chi connectivity index (χ0) is 14.3. The minimum Gasteiger partial charge on any atom is -0.466 e. The lowest BCUT2D eigenvalue weighted by atomic mass is 10.1. The predicted octanol–water partition coefficient (Wildman–Crippen LogP) is 2.52. The molecule has 2 aliphatic rings. The third-order valence-corrected chi connectivity index (χ3v) is 4.87. The Hall–Kier alpha value is -1.29. The number of carbonyl (C=O) groups excluding carboxylic acids is 1. The molecule has 3 rings (SSSR count). The molecular formula is C16H24N2O2. The van der Waals surface area contributed by atoms with Crippen molar-refractivity contribution in [3.8, 4) is 0 Å². The molecule has 20 heavy (non-hydrogen) atoms. The molecule has 2 saturated heterocycles. The number of rotatable bonds is 1. The molecule has 1 atom stereocenters. The molecule has 0 saturated carbocycles. The van der Waals surface area contributed by atoms with E-state index in [4.69, 9.17) is 4.42 Å². The van der Waals surface area contributed by atoms with Crippen LogP contribution < -0.4 is 0 Å². The van der Waals surface area contributed by atoms with E-state index in [1.165, 1.54) is 19.4 Å². The molecular weight excluding hydrogens is 252 g/mol. The summed E-state index contributed by atoms with van der Waals surface area (Å²) in [6.07, 6.45) is 3.58. The van der Waals surface area contributed by atoms with E-state index < -0.39 is 0 Å². The fourth-order valence-electron chi connectivity index (χ4n) is 3.66. The first-order chi connectivity index (χ1) is 9.58. The largest absolute Gasteiger partial charge is 0.466 e. The van der Waals surface area contributed by atoms with E-state index in [-0.39, 0.29) is 5.91 Å². The molecule has 0 bridgehead atoms. The second kappa shape index (κ2) is 5.24. The molecule has 2 fully saturated rings. The quantitative estimate of drug-likeness (QED) is 0.791. The lowest BCUT2D eigenvalue weighted by Crippen LogP contribution is -2.39. The SMILES string of the molecule is Cc1oc(C)c(C(=O)N2CCCN3CCC[C@H]3C2)c1C. The number of hydrogen-bond acceptors (Lipinski definition) is 3. The summed E-state index contributed by atoms with van der Waals surface area (Å²) in [7, 11) is 0. The molecule has 0 N–H and O–H groups in total. The molecule has 0 aliphatic carbocycles. The maximum Gasteiger partial charge on any atom is 0.257 e. The van der Waals surface area contributed by atoms with Crippen LogP contribution in [0.1, 0.15) is 46.7 Å². The predicted molar refractivity (Wildman–Crippen MR) is 78.0 cm³/mol. The lowest BCUT2D eigenvalue weighted by molar-refractivity contribution is 0.0741. The Kier molecular flexibility index (Phi) is 3.59. The maximum absolute atomic E-state index is 12.8.